The van der Waals surface area contributed by atoms with E-state index in [1.807, 2.05) is 0 Å². The van der Waals surface area contributed by atoms with Gasteiger partial charge >= 0.3 is 0 Å². The number of benzene rings is 1. The number of aliphatic imine (C=N–C) groups is 1. The van der Waals surface area contributed by atoms with E-state index >= 15 is 0 Å². The molecular formula is C20H34N4O3. The monoisotopic (exact) mass is 378 g/mol. The van der Waals surface area contributed by atoms with Gasteiger partial charge in [0.25, 0.3) is 0 Å². The maximum atomic E-state index is 5.67. The molecule has 0 radical (unpaired) electrons. The third kappa shape index (κ3) is 9.08. The van der Waals surface area contributed by atoms with E-state index in [0.717, 1.165) is 63.8 Å². The van der Waals surface area contributed by atoms with Crippen molar-refractivity contribution >= 4 is 11.6 Å². The minimum Gasteiger partial charge on any atom is -0.383 e. The van der Waals surface area contributed by atoms with Gasteiger partial charge in [-0.2, -0.15) is 0 Å². The van der Waals surface area contributed by atoms with Gasteiger partial charge in [-0.05, 0) is 37.0 Å². The van der Waals surface area contributed by atoms with Crippen LogP contribution in [0, 0.1) is 0 Å². The molecule has 1 saturated heterocycles. The largest absolute Gasteiger partial charge is 0.383 e. The number of hydrogen-bond acceptors (Lipinski definition) is 5. The van der Waals surface area contributed by atoms with Crippen LogP contribution in [0.4, 0.5) is 5.69 Å². The van der Waals surface area contributed by atoms with E-state index in [-0.39, 0.29) is 0 Å². The Kier molecular flexibility index (Phi) is 10.6. The van der Waals surface area contributed by atoms with Gasteiger partial charge < -0.3 is 30.2 Å². The molecule has 1 heterocycles. The molecule has 1 unspecified atom stereocenters. The minimum atomic E-state index is 0.300. The van der Waals surface area contributed by atoms with E-state index in [9.17, 15) is 0 Å². The van der Waals surface area contributed by atoms with Crippen molar-refractivity contribution in [2.45, 2.75) is 31.9 Å². The summed E-state index contributed by atoms with van der Waals surface area (Å²) in [6.07, 6.45) is 3.52. The SMILES string of the molecule is CN=C(NCCCOCC1CCCO1)NCc1ccc(NCCOC)cc1. The van der Waals surface area contributed by atoms with Crippen LogP contribution in [0.15, 0.2) is 29.3 Å². The van der Waals surface area contributed by atoms with Crippen molar-refractivity contribution in [1.29, 1.82) is 0 Å². The topological polar surface area (TPSA) is 76.1 Å². The van der Waals surface area contributed by atoms with Gasteiger partial charge in [-0.15, -0.1) is 0 Å². The van der Waals surface area contributed by atoms with Gasteiger partial charge in [-0.1, -0.05) is 12.1 Å². The van der Waals surface area contributed by atoms with E-state index in [1.165, 1.54) is 5.56 Å². The Balaban J connectivity index is 1.55. The number of nitrogens with one attached hydrogen (secondary N) is 3. The highest BCUT2D eigenvalue weighted by molar-refractivity contribution is 5.79. The van der Waals surface area contributed by atoms with E-state index in [0.29, 0.717) is 19.3 Å². The second-order valence-corrected chi connectivity index (χ2v) is 6.53. The Hall–Kier alpha value is -1.83. The van der Waals surface area contributed by atoms with Gasteiger partial charge in [0.05, 0.1) is 19.3 Å². The average Bonchev–Trinajstić information content (AvgIpc) is 3.21. The van der Waals surface area contributed by atoms with Crippen molar-refractivity contribution in [2.75, 3.05) is 59.0 Å². The van der Waals surface area contributed by atoms with Gasteiger partial charge in [0.2, 0.25) is 0 Å². The molecule has 0 saturated carbocycles. The van der Waals surface area contributed by atoms with Gasteiger partial charge in [0.15, 0.2) is 5.96 Å². The maximum absolute atomic E-state index is 5.67. The zero-order chi connectivity index (χ0) is 19.2. The molecule has 1 atom stereocenters. The molecule has 1 aliphatic rings. The number of guanidine groups is 1. The Labute approximate surface area is 162 Å². The summed E-state index contributed by atoms with van der Waals surface area (Å²) in [5.74, 6) is 0.802. The summed E-state index contributed by atoms with van der Waals surface area (Å²) < 4.78 is 16.2. The molecule has 1 aliphatic heterocycles. The molecule has 2 rings (SSSR count). The smallest absolute Gasteiger partial charge is 0.191 e. The molecule has 152 valence electrons. The van der Waals surface area contributed by atoms with Crippen molar-refractivity contribution < 1.29 is 14.2 Å². The first-order valence-corrected chi connectivity index (χ1v) is 9.77. The molecule has 0 amide bonds. The number of nitrogens with zero attached hydrogens (tertiary/aromatic N) is 1. The molecule has 7 heteroatoms. The highest BCUT2D eigenvalue weighted by Gasteiger charge is 2.14. The lowest BCUT2D eigenvalue weighted by atomic mass is 10.2. The molecule has 0 bridgehead atoms. The number of rotatable bonds is 12. The molecule has 1 aromatic rings. The predicted molar refractivity (Wildman–Crippen MR) is 109 cm³/mol. The molecule has 27 heavy (non-hydrogen) atoms. The molecule has 0 aliphatic carbocycles. The lowest BCUT2D eigenvalue weighted by Crippen LogP contribution is -2.37. The molecule has 7 nitrogen and oxygen atoms in total. The number of hydrogen-bond donors (Lipinski definition) is 3. The Bertz CT molecular complexity index is 531. The Morgan fingerprint density at radius 2 is 2.04 bits per heavy atom. The van der Waals surface area contributed by atoms with Crippen LogP contribution < -0.4 is 16.0 Å². The van der Waals surface area contributed by atoms with Gasteiger partial charge in [-0.25, -0.2) is 0 Å². The lowest BCUT2D eigenvalue weighted by Gasteiger charge is -2.13. The number of anilines is 1. The summed E-state index contributed by atoms with van der Waals surface area (Å²) in [5.41, 5.74) is 2.30. The molecule has 1 aromatic carbocycles. The van der Waals surface area contributed by atoms with Gasteiger partial charge in [0.1, 0.15) is 0 Å². The molecule has 3 N–H and O–H groups in total. The predicted octanol–water partition coefficient (Wildman–Crippen LogP) is 2.00. The summed E-state index contributed by atoms with van der Waals surface area (Å²) in [6.45, 7) is 5.39. The fourth-order valence-electron chi connectivity index (χ4n) is 2.82. The zero-order valence-corrected chi connectivity index (χ0v) is 16.6. The fourth-order valence-corrected chi connectivity index (χ4v) is 2.82. The summed E-state index contributed by atoms with van der Waals surface area (Å²) in [4.78, 5) is 4.26. The number of ether oxygens (including phenoxy) is 3. The second-order valence-electron chi connectivity index (χ2n) is 6.53. The highest BCUT2D eigenvalue weighted by atomic mass is 16.5. The Morgan fingerprint density at radius 1 is 1.19 bits per heavy atom. The van der Waals surface area contributed by atoms with Crippen LogP contribution in [-0.4, -0.2) is 65.7 Å². The van der Waals surface area contributed by atoms with Crippen molar-refractivity contribution in [3.8, 4) is 0 Å². The number of methoxy groups -OCH3 is 1. The average molecular weight is 379 g/mol. The molecule has 0 spiro atoms. The quantitative estimate of drug-likeness (QED) is 0.293. The standard InChI is InChI=1S/C20H34N4O3/c1-21-20(23-10-4-12-26-16-19-5-3-13-27-19)24-15-17-6-8-18(9-7-17)22-11-14-25-2/h6-9,19,22H,3-5,10-16H2,1-2H3,(H2,21,23,24). The van der Waals surface area contributed by atoms with Crippen molar-refractivity contribution in [3.63, 3.8) is 0 Å². The summed E-state index contributed by atoms with van der Waals surface area (Å²) in [7, 11) is 3.49. The Morgan fingerprint density at radius 3 is 2.74 bits per heavy atom. The highest BCUT2D eigenvalue weighted by Crippen LogP contribution is 2.12. The summed E-state index contributed by atoms with van der Waals surface area (Å²) in [6, 6.07) is 8.37. The molecule has 0 aromatic heterocycles. The normalized spacial score (nSPS) is 17.1. The fraction of sp³-hybridized carbons (Fsp3) is 0.650. The van der Waals surface area contributed by atoms with Crippen molar-refractivity contribution in [1.82, 2.24) is 10.6 Å². The maximum Gasteiger partial charge on any atom is 0.191 e. The first-order valence-electron chi connectivity index (χ1n) is 9.77. The third-order valence-electron chi connectivity index (χ3n) is 4.36. The van der Waals surface area contributed by atoms with Crippen LogP contribution in [-0.2, 0) is 20.8 Å². The summed E-state index contributed by atoms with van der Waals surface area (Å²) >= 11 is 0. The third-order valence-corrected chi connectivity index (χ3v) is 4.36. The van der Waals surface area contributed by atoms with E-state index < -0.39 is 0 Å². The minimum absolute atomic E-state index is 0.300. The van der Waals surface area contributed by atoms with Crippen LogP contribution >= 0.6 is 0 Å². The van der Waals surface area contributed by atoms with Gasteiger partial charge in [0, 0.05) is 52.7 Å². The first kappa shape index (κ1) is 21.5. The second kappa shape index (κ2) is 13.4. The van der Waals surface area contributed by atoms with Crippen LogP contribution in [0.1, 0.15) is 24.8 Å². The molecule has 1 fully saturated rings. The summed E-state index contributed by atoms with van der Waals surface area (Å²) in [5, 5.41) is 9.96. The van der Waals surface area contributed by atoms with Crippen molar-refractivity contribution in [2.24, 2.45) is 4.99 Å². The van der Waals surface area contributed by atoms with E-state index in [1.54, 1.807) is 14.2 Å². The zero-order valence-electron chi connectivity index (χ0n) is 16.6. The molecular weight excluding hydrogens is 344 g/mol. The lowest BCUT2D eigenvalue weighted by molar-refractivity contribution is 0.0168. The van der Waals surface area contributed by atoms with Crippen LogP contribution in [0.5, 0.6) is 0 Å². The van der Waals surface area contributed by atoms with Crippen LogP contribution in [0.25, 0.3) is 0 Å². The van der Waals surface area contributed by atoms with Crippen molar-refractivity contribution in [3.05, 3.63) is 29.8 Å². The van der Waals surface area contributed by atoms with E-state index in [4.69, 9.17) is 14.2 Å². The van der Waals surface area contributed by atoms with Crippen LogP contribution in [0.2, 0.25) is 0 Å². The van der Waals surface area contributed by atoms with Crippen LogP contribution in [0.3, 0.4) is 0 Å². The van der Waals surface area contributed by atoms with Gasteiger partial charge in [-0.3, -0.25) is 4.99 Å². The van der Waals surface area contributed by atoms with E-state index in [2.05, 4.69) is 45.2 Å². The first-order chi connectivity index (χ1) is 13.3.